The van der Waals surface area contributed by atoms with Crippen molar-refractivity contribution in [2.24, 2.45) is 0 Å². The Labute approximate surface area is 124 Å². The van der Waals surface area contributed by atoms with Crippen LogP contribution in [0.1, 0.15) is 10.4 Å². The van der Waals surface area contributed by atoms with Crippen LogP contribution < -0.4 is 4.90 Å². The molecule has 1 amide bonds. The minimum absolute atomic E-state index is 0.00144. The summed E-state index contributed by atoms with van der Waals surface area (Å²) in [5, 5.41) is 0. The number of para-hydroxylation sites is 1. The number of fused-ring (bicyclic) bond motifs is 1. The summed E-state index contributed by atoms with van der Waals surface area (Å²) >= 11 is 5.14. The summed E-state index contributed by atoms with van der Waals surface area (Å²) in [6.45, 7) is 0.729. The molecule has 1 aromatic heterocycles. The molecule has 96 valence electrons. The zero-order chi connectivity index (χ0) is 13.2. The van der Waals surface area contributed by atoms with E-state index in [1.54, 1.807) is 30.2 Å². The summed E-state index contributed by atoms with van der Waals surface area (Å²) < 4.78 is 0.818. The van der Waals surface area contributed by atoms with Gasteiger partial charge in [0.05, 0.1) is 11.3 Å². The lowest BCUT2D eigenvalue weighted by atomic mass is 10.2. The standard InChI is InChI=1S/C14H11BrN2OS/c15-11-7-10(8-16-9-11)14(18)17-5-6-19-13-4-2-1-3-12(13)17/h1-4,7-9H,5-6H2. The van der Waals surface area contributed by atoms with Crippen molar-refractivity contribution in [3.8, 4) is 0 Å². The number of nitrogens with zero attached hydrogens (tertiary/aromatic N) is 2. The largest absolute Gasteiger partial charge is 0.306 e. The Morgan fingerprint density at radius 2 is 2.16 bits per heavy atom. The number of carbonyl (C=O) groups is 1. The van der Waals surface area contributed by atoms with Crippen LogP contribution in [0.4, 0.5) is 5.69 Å². The molecule has 0 saturated carbocycles. The molecule has 2 heterocycles. The molecule has 3 nitrogen and oxygen atoms in total. The molecular formula is C14H11BrN2OS. The van der Waals surface area contributed by atoms with Gasteiger partial charge in [0, 0.05) is 34.1 Å². The van der Waals surface area contributed by atoms with Crippen LogP contribution in [0.25, 0.3) is 0 Å². The third-order valence-electron chi connectivity index (χ3n) is 2.93. The van der Waals surface area contributed by atoms with Crippen molar-refractivity contribution < 1.29 is 4.79 Å². The lowest BCUT2D eigenvalue weighted by Crippen LogP contribution is -2.35. The maximum atomic E-state index is 12.6. The van der Waals surface area contributed by atoms with E-state index in [4.69, 9.17) is 0 Å². The number of benzene rings is 1. The van der Waals surface area contributed by atoms with Crippen LogP contribution in [0.2, 0.25) is 0 Å². The van der Waals surface area contributed by atoms with Gasteiger partial charge in [-0.15, -0.1) is 11.8 Å². The highest BCUT2D eigenvalue weighted by atomic mass is 79.9. The quantitative estimate of drug-likeness (QED) is 0.798. The zero-order valence-corrected chi connectivity index (χ0v) is 12.4. The first-order chi connectivity index (χ1) is 9.25. The SMILES string of the molecule is O=C(c1cncc(Br)c1)N1CCSc2ccccc21. The fraction of sp³-hybridized carbons (Fsp3) is 0.143. The van der Waals surface area contributed by atoms with Gasteiger partial charge in [-0.3, -0.25) is 9.78 Å². The second-order valence-corrected chi connectivity index (χ2v) is 6.22. The lowest BCUT2D eigenvalue weighted by molar-refractivity contribution is 0.0987. The van der Waals surface area contributed by atoms with Crippen molar-refractivity contribution in [1.29, 1.82) is 0 Å². The second kappa shape index (κ2) is 5.35. The lowest BCUT2D eigenvalue weighted by Gasteiger charge is -2.28. The number of anilines is 1. The number of aromatic nitrogens is 1. The normalized spacial score (nSPS) is 14.1. The van der Waals surface area contributed by atoms with Crippen LogP contribution >= 0.6 is 27.7 Å². The van der Waals surface area contributed by atoms with Gasteiger partial charge in [-0.05, 0) is 34.1 Å². The highest BCUT2D eigenvalue weighted by molar-refractivity contribution is 9.10. The van der Waals surface area contributed by atoms with E-state index < -0.39 is 0 Å². The molecule has 3 rings (SSSR count). The molecule has 0 saturated heterocycles. The van der Waals surface area contributed by atoms with E-state index >= 15 is 0 Å². The molecule has 2 aromatic rings. The van der Waals surface area contributed by atoms with E-state index in [1.165, 1.54) is 0 Å². The summed E-state index contributed by atoms with van der Waals surface area (Å²) in [7, 11) is 0. The van der Waals surface area contributed by atoms with Gasteiger partial charge in [0.15, 0.2) is 0 Å². The van der Waals surface area contributed by atoms with Crippen LogP contribution in [0.3, 0.4) is 0 Å². The Balaban J connectivity index is 1.98. The molecule has 0 aliphatic carbocycles. The van der Waals surface area contributed by atoms with Crippen LogP contribution in [0.15, 0.2) is 52.1 Å². The van der Waals surface area contributed by atoms with Crippen molar-refractivity contribution in [1.82, 2.24) is 4.98 Å². The van der Waals surface area contributed by atoms with Crippen molar-refractivity contribution in [2.45, 2.75) is 4.90 Å². The first-order valence-corrected chi connectivity index (χ1v) is 7.68. The van der Waals surface area contributed by atoms with Crippen molar-refractivity contribution in [3.05, 3.63) is 52.8 Å². The minimum Gasteiger partial charge on any atom is -0.306 e. The predicted molar refractivity (Wildman–Crippen MR) is 80.8 cm³/mol. The number of hydrogen-bond acceptors (Lipinski definition) is 3. The predicted octanol–water partition coefficient (Wildman–Crippen LogP) is 3.60. The number of pyridine rings is 1. The fourth-order valence-electron chi connectivity index (χ4n) is 2.07. The third kappa shape index (κ3) is 2.53. The molecule has 0 fully saturated rings. The number of rotatable bonds is 1. The maximum Gasteiger partial charge on any atom is 0.259 e. The topological polar surface area (TPSA) is 33.2 Å². The molecule has 1 aromatic carbocycles. The van der Waals surface area contributed by atoms with Crippen molar-refractivity contribution in [2.75, 3.05) is 17.2 Å². The maximum absolute atomic E-state index is 12.6. The van der Waals surface area contributed by atoms with Crippen LogP contribution in [-0.2, 0) is 0 Å². The van der Waals surface area contributed by atoms with Gasteiger partial charge < -0.3 is 4.90 Å². The van der Waals surface area contributed by atoms with E-state index in [2.05, 4.69) is 27.0 Å². The number of halogens is 1. The number of carbonyl (C=O) groups excluding carboxylic acids is 1. The van der Waals surface area contributed by atoms with Gasteiger partial charge >= 0.3 is 0 Å². The van der Waals surface area contributed by atoms with Crippen LogP contribution in [0, 0.1) is 0 Å². The molecule has 0 spiro atoms. The highest BCUT2D eigenvalue weighted by Crippen LogP contribution is 2.35. The van der Waals surface area contributed by atoms with E-state index in [9.17, 15) is 4.79 Å². The molecule has 5 heteroatoms. The monoisotopic (exact) mass is 334 g/mol. The molecule has 0 bridgehead atoms. The van der Waals surface area contributed by atoms with E-state index in [-0.39, 0.29) is 5.91 Å². The van der Waals surface area contributed by atoms with E-state index in [1.807, 2.05) is 23.1 Å². The Morgan fingerprint density at radius 1 is 1.32 bits per heavy atom. The Kier molecular flexibility index (Phi) is 3.57. The summed E-state index contributed by atoms with van der Waals surface area (Å²) in [5.41, 5.74) is 1.60. The summed E-state index contributed by atoms with van der Waals surface area (Å²) in [6.07, 6.45) is 3.29. The highest BCUT2D eigenvalue weighted by Gasteiger charge is 2.23. The summed E-state index contributed by atoms with van der Waals surface area (Å²) in [4.78, 5) is 19.6. The smallest absolute Gasteiger partial charge is 0.259 e. The average molecular weight is 335 g/mol. The van der Waals surface area contributed by atoms with E-state index in [0.717, 1.165) is 27.4 Å². The molecule has 1 aliphatic rings. The molecule has 19 heavy (non-hydrogen) atoms. The second-order valence-electron chi connectivity index (χ2n) is 4.16. The minimum atomic E-state index is 0.00144. The summed E-state index contributed by atoms with van der Waals surface area (Å²) in [5.74, 6) is 0.922. The summed E-state index contributed by atoms with van der Waals surface area (Å²) in [6, 6.07) is 9.81. The molecule has 0 atom stereocenters. The zero-order valence-electron chi connectivity index (χ0n) is 10.0. The first kappa shape index (κ1) is 12.7. The molecule has 0 radical (unpaired) electrons. The average Bonchev–Trinajstić information content (AvgIpc) is 2.46. The van der Waals surface area contributed by atoms with Gasteiger partial charge in [0.2, 0.25) is 0 Å². The molecular weight excluding hydrogens is 324 g/mol. The van der Waals surface area contributed by atoms with Gasteiger partial charge in [0.1, 0.15) is 0 Å². The van der Waals surface area contributed by atoms with Gasteiger partial charge in [-0.2, -0.15) is 0 Å². The van der Waals surface area contributed by atoms with Gasteiger partial charge in [0.25, 0.3) is 5.91 Å². The van der Waals surface area contributed by atoms with E-state index in [0.29, 0.717) is 5.56 Å². The van der Waals surface area contributed by atoms with Crippen molar-refractivity contribution >= 4 is 39.3 Å². The molecule has 0 N–H and O–H groups in total. The van der Waals surface area contributed by atoms with Gasteiger partial charge in [-0.25, -0.2) is 0 Å². The van der Waals surface area contributed by atoms with Crippen molar-refractivity contribution in [3.63, 3.8) is 0 Å². The Hall–Kier alpha value is -1.33. The Morgan fingerprint density at radius 3 is 3.00 bits per heavy atom. The van der Waals surface area contributed by atoms with Crippen LogP contribution in [-0.4, -0.2) is 23.2 Å². The number of amides is 1. The third-order valence-corrected chi connectivity index (χ3v) is 4.40. The number of thioether (sulfide) groups is 1. The van der Waals surface area contributed by atoms with Gasteiger partial charge in [-0.1, -0.05) is 12.1 Å². The molecule has 1 aliphatic heterocycles. The fourth-order valence-corrected chi connectivity index (χ4v) is 3.42. The Bertz CT molecular complexity index is 632. The number of hydrogen-bond donors (Lipinski definition) is 0. The van der Waals surface area contributed by atoms with Crippen LogP contribution in [0.5, 0.6) is 0 Å². The first-order valence-electron chi connectivity index (χ1n) is 5.90. The molecule has 0 unspecified atom stereocenters.